The zero-order valence-corrected chi connectivity index (χ0v) is 16.8. The molecule has 1 amide bonds. The van der Waals surface area contributed by atoms with E-state index in [2.05, 4.69) is 19.2 Å². The minimum atomic E-state index is -0.629. The molecule has 5 heteroatoms. The number of carbonyl (C=O) groups excluding carboxylic acids is 1. The third-order valence-electron chi connectivity index (χ3n) is 5.28. The van der Waals surface area contributed by atoms with E-state index in [0.717, 1.165) is 30.6 Å². The van der Waals surface area contributed by atoms with E-state index < -0.39 is 6.10 Å². The number of para-hydroxylation sites is 1. The lowest BCUT2D eigenvalue weighted by molar-refractivity contribution is -0.128. The molecule has 4 nitrogen and oxygen atoms in total. The van der Waals surface area contributed by atoms with Gasteiger partial charge in [0.05, 0.1) is 6.04 Å². The van der Waals surface area contributed by atoms with Gasteiger partial charge in [0.25, 0.3) is 5.91 Å². The molecule has 0 saturated heterocycles. The van der Waals surface area contributed by atoms with Crippen LogP contribution in [0.15, 0.2) is 48.5 Å². The Morgan fingerprint density at radius 2 is 2.00 bits per heavy atom. The quantitative estimate of drug-likeness (QED) is 0.731. The highest BCUT2D eigenvalue weighted by atomic mass is 35.5. The molecule has 2 aromatic rings. The average Bonchev–Trinajstić information content (AvgIpc) is 2.67. The third-order valence-corrected chi connectivity index (χ3v) is 5.52. The minimum absolute atomic E-state index is 0.104. The fraction of sp³-hybridized carbons (Fsp3) is 0.409. The van der Waals surface area contributed by atoms with Crippen LogP contribution in [-0.2, 0) is 4.79 Å². The highest BCUT2D eigenvalue weighted by Gasteiger charge is 2.39. The summed E-state index contributed by atoms with van der Waals surface area (Å²) >= 11 is 5.99. The summed E-state index contributed by atoms with van der Waals surface area (Å²) < 4.78 is 12.1. The van der Waals surface area contributed by atoms with Gasteiger partial charge in [0.2, 0.25) is 0 Å². The lowest BCUT2D eigenvalue weighted by Crippen LogP contribution is -2.46. The van der Waals surface area contributed by atoms with Gasteiger partial charge in [-0.05, 0) is 44.0 Å². The normalized spacial score (nSPS) is 18.7. The Kier molecular flexibility index (Phi) is 5.95. The van der Waals surface area contributed by atoms with E-state index in [1.807, 2.05) is 24.3 Å². The summed E-state index contributed by atoms with van der Waals surface area (Å²) in [6, 6.07) is 14.9. The molecule has 27 heavy (non-hydrogen) atoms. The molecule has 0 radical (unpaired) electrons. The molecule has 0 aromatic heterocycles. The molecule has 0 bridgehead atoms. The summed E-state index contributed by atoms with van der Waals surface area (Å²) in [6.07, 6.45) is 1.89. The first-order valence-electron chi connectivity index (χ1n) is 9.47. The highest BCUT2D eigenvalue weighted by molar-refractivity contribution is 6.30. The van der Waals surface area contributed by atoms with Crippen LogP contribution in [0.4, 0.5) is 0 Å². The molecule has 3 rings (SSSR count). The Bertz CT molecular complexity index is 804. The predicted molar refractivity (Wildman–Crippen MR) is 107 cm³/mol. The molecule has 2 atom stereocenters. The standard InChI is InChI=1S/C22H26ClNO3/c1-4-22(5-2)14-19(18-11-6-7-12-20(18)27-22)24-21(25)15(3)26-17-10-8-9-16(23)13-17/h6-13,15,19H,4-5,14H2,1-3H3,(H,24,25). The van der Waals surface area contributed by atoms with E-state index in [-0.39, 0.29) is 17.6 Å². The maximum absolute atomic E-state index is 12.8. The molecule has 144 valence electrons. The van der Waals surface area contributed by atoms with Crippen LogP contribution in [0.5, 0.6) is 11.5 Å². The van der Waals surface area contributed by atoms with E-state index in [4.69, 9.17) is 21.1 Å². The van der Waals surface area contributed by atoms with Crippen molar-refractivity contribution < 1.29 is 14.3 Å². The molecule has 1 N–H and O–H groups in total. The lowest BCUT2D eigenvalue weighted by Gasteiger charge is -2.41. The molecule has 0 spiro atoms. The minimum Gasteiger partial charge on any atom is -0.487 e. The monoisotopic (exact) mass is 387 g/mol. The molecule has 2 unspecified atom stereocenters. The van der Waals surface area contributed by atoms with Gasteiger partial charge in [-0.15, -0.1) is 0 Å². The van der Waals surface area contributed by atoms with Gasteiger partial charge in [0.15, 0.2) is 6.10 Å². The first kappa shape index (κ1) is 19.6. The van der Waals surface area contributed by atoms with Crippen LogP contribution in [0, 0.1) is 0 Å². The molecule has 0 aliphatic carbocycles. The Morgan fingerprint density at radius 3 is 2.70 bits per heavy atom. The largest absolute Gasteiger partial charge is 0.487 e. The van der Waals surface area contributed by atoms with Crippen LogP contribution >= 0.6 is 11.6 Å². The highest BCUT2D eigenvalue weighted by Crippen LogP contribution is 2.42. The summed E-state index contributed by atoms with van der Waals surface area (Å²) in [6.45, 7) is 6.00. The number of hydrogen-bond donors (Lipinski definition) is 1. The molecule has 0 fully saturated rings. The Hall–Kier alpha value is -2.20. The fourth-order valence-electron chi connectivity index (χ4n) is 3.52. The maximum Gasteiger partial charge on any atom is 0.261 e. The van der Waals surface area contributed by atoms with Gasteiger partial charge in [-0.2, -0.15) is 0 Å². The number of rotatable bonds is 6. The van der Waals surface area contributed by atoms with E-state index in [1.165, 1.54) is 0 Å². The average molecular weight is 388 g/mol. The van der Waals surface area contributed by atoms with Crippen LogP contribution in [0.1, 0.15) is 51.6 Å². The van der Waals surface area contributed by atoms with Crippen molar-refractivity contribution in [2.75, 3.05) is 0 Å². The Morgan fingerprint density at radius 1 is 1.26 bits per heavy atom. The number of benzene rings is 2. The summed E-state index contributed by atoms with van der Waals surface area (Å²) in [5, 5.41) is 3.73. The van der Waals surface area contributed by atoms with Crippen LogP contribution in [-0.4, -0.2) is 17.6 Å². The molecule has 1 aliphatic heterocycles. The molecular formula is C22H26ClNO3. The first-order valence-corrected chi connectivity index (χ1v) is 9.84. The smallest absolute Gasteiger partial charge is 0.261 e. The Balaban J connectivity index is 1.75. The van der Waals surface area contributed by atoms with Crippen LogP contribution in [0.3, 0.4) is 0 Å². The predicted octanol–water partition coefficient (Wildman–Crippen LogP) is 5.31. The molecule has 0 saturated carbocycles. The van der Waals surface area contributed by atoms with Crippen molar-refractivity contribution in [1.82, 2.24) is 5.32 Å². The number of nitrogens with one attached hydrogen (secondary N) is 1. The van der Waals surface area contributed by atoms with Crippen molar-refractivity contribution in [3.8, 4) is 11.5 Å². The van der Waals surface area contributed by atoms with Crippen molar-refractivity contribution in [2.45, 2.75) is 57.8 Å². The van der Waals surface area contributed by atoms with Crippen molar-refractivity contribution in [2.24, 2.45) is 0 Å². The van der Waals surface area contributed by atoms with Crippen LogP contribution in [0.2, 0.25) is 5.02 Å². The number of amides is 1. The maximum atomic E-state index is 12.8. The van der Waals surface area contributed by atoms with Crippen molar-refractivity contribution in [3.05, 3.63) is 59.1 Å². The van der Waals surface area contributed by atoms with Gasteiger partial charge in [-0.3, -0.25) is 4.79 Å². The summed E-state index contributed by atoms with van der Waals surface area (Å²) in [4.78, 5) is 12.8. The SMILES string of the molecule is CCC1(CC)CC(NC(=O)C(C)Oc2cccc(Cl)c2)c2ccccc2O1. The van der Waals surface area contributed by atoms with Gasteiger partial charge < -0.3 is 14.8 Å². The number of ether oxygens (including phenoxy) is 2. The summed E-state index contributed by atoms with van der Waals surface area (Å²) in [7, 11) is 0. The number of fused-ring (bicyclic) bond motifs is 1. The molecular weight excluding hydrogens is 362 g/mol. The second-order valence-corrected chi connectivity index (χ2v) is 7.45. The summed E-state index contributed by atoms with van der Waals surface area (Å²) in [5.74, 6) is 1.27. The van der Waals surface area contributed by atoms with Crippen LogP contribution in [0.25, 0.3) is 0 Å². The number of halogens is 1. The van der Waals surface area contributed by atoms with Gasteiger partial charge >= 0.3 is 0 Å². The molecule has 1 aliphatic rings. The van der Waals surface area contributed by atoms with Crippen molar-refractivity contribution >= 4 is 17.5 Å². The van der Waals surface area contributed by atoms with E-state index >= 15 is 0 Å². The van der Waals surface area contributed by atoms with Gasteiger partial charge in [0, 0.05) is 17.0 Å². The van der Waals surface area contributed by atoms with Crippen molar-refractivity contribution in [1.29, 1.82) is 0 Å². The van der Waals surface area contributed by atoms with Crippen molar-refractivity contribution in [3.63, 3.8) is 0 Å². The van der Waals surface area contributed by atoms with Gasteiger partial charge in [-0.1, -0.05) is 49.7 Å². The van der Waals surface area contributed by atoms with Gasteiger partial charge in [0.1, 0.15) is 17.1 Å². The van der Waals surface area contributed by atoms with E-state index in [0.29, 0.717) is 10.8 Å². The lowest BCUT2D eigenvalue weighted by atomic mass is 9.83. The molecule has 1 heterocycles. The Labute approximate surface area is 165 Å². The fourth-order valence-corrected chi connectivity index (χ4v) is 3.70. The number of carbonyl (C=O) groups is 1. The second-order valence-electron chi connectivity index (χ2n) is 7.01. The van der Waals surface area contributed by atoms with Gasteiger partial charge in [-0.25, -0.2) is 0 Å². The zero-order chi connectivity index (χ0) is 19.4. The van der Waals surface area contributed by atoms with E-state index in [1.54, 1.807) is 31.2 Å². The van der Waals surface area contributed by atoms with Crippen LogP contribution < -0.4 is 14.8 Å². The topological polar surface area (TPSA) is 47.6 Å². The first-order chi connectivity index (χ1) is 13.0. The summed E-state index contributed by atoms with van der Waals surface area (Å²) in [5.41, 5.74) is 0.752. The second kappa shape index (κ2) is 8.22. The zero-order valence-electron chi connectivity index (χ0n) is 16.0. The third kappa shape index (κ3) is 4.38. The number of hydrogen-bond acceptors (Lipinski definition) is 3. The molecule has 2 aromatic carbocycles. The van der Waals surface area contributed by atoms with E-state index in [9.17, 15) is 4.79 Å².